The summed E-state index contributed by atoms with van der Waals surface area (Å²) in [6.07, 6.45) is -5.16. The molecule has 1 aromatic carbocycles. The number of hydrogen-bond acceptors (Lipinski definition) is 3. The lowest BCUT2D eigenvalue weighted by Gasteiger charge is -2.14. The van der Waals surface area contributed by atoms with Crippen molar-refractivity contribution in [1.29, 1.82) is 0 Å². The zero-order chi connectivity index (χ0) is 14.2. The lowest BCUT2D eigenvalue weighted by Crippen LogP contribution is -2.28. The molecule has 0 saturated carbocycles. The van der Waals surface area contributed by atoms with Crippen LogP contribution in [0.3, 0.4) is 0 Å². The van der Waals surface area contributed by atoms with E-state index in [9.17, 15) is 18.0 Å². The van der Waals surface area contributed by atoms with Gasteiger partial charge in [-0.25, -0.2) is 4.79 Å². The van der Waals surface area contributed by atoms with Crippen LogP contribution < -0.4 is 10.5 Å². The number of rotatable bonds is 1. The summed E-state index contributed by atoms with van der Waals surface area (Å²) in [6, 6.07) is 0. The van der Waals surface area contributed by atoms with Gasteiger partial charge in [-0.05, 0) is 31.9 Å². The minimum atomic E-state index is -5.16. The van der Waals surface area contributed by atoms with Crippen molar-refractivity contribution in [3.05, 3.63) is 19.0 Å². The van der Waals surface area contributed by atoms with Crippen LogP contribution in [0.2, 0.25) is 10.0 Å². The first-order valence-corrected chi connectivity index (χ1v) is 6.32. The van der Waals surface area contributed by atoms with E-state index < -0.39 is 17.9 Å². The highest BCUT2D eigenvalue weighted by Crippen LogP contribution is 2.48. The van der Waals surface area contributed by atoms with E-state index in [2.05, 4.69) is 36.6 Å². The molecule has 0 radical (unpaired) electrons. The SMILES string of the molecule is Nc1c(Br)c(Cl)c(Cl)c(OC(=O)C(F)(F)F)c1Br. The van der Waals surface area contributed by atoms with Crippen molar-refractivity contribution in [2.24, 2.45) is 0 Å². The minimum absolute atomic E-state index is 0.0469. The molecule has 0 aliphatic rings. The fraction of sp³-hybridized carbons (Fsp3) is 0.125. The van der Waals surface area contributed by atoms with Gasteiger partial charge in [-0.1, -0.05) is 23.2 Å². The van der Waals surface area contributed by atoms with Crippen molar-refractivity contribution in [2.45, 2.75) is 6.18 Å². The Labute approximate surface area is 126 Å². The molecule has 10 heteroatoms. The lowest BCUT2D eigenvalue weighted by molar-refractivity contribution is -0.189. The van der Waals surface area contributed by atoms with Gasteiger partial charge in [0.25, 0.3) is 0 Å². The topological polar surface area (TPSA) is 52.3 Å². The van der Waals surface area contributed by atoms with Crippen molar-refractivity contribution in [1.82, 2.24) is 0 Å². The molecule has 0 atom stereocenters. The van der Waals surface area contributed by atoms with Crippen molar-refractivity contribution in [2.75, 3.05) is 5.73 Å². The van der Waals surface area contributed by atoms with Crippen LogP contribution in [-0.2, 0) is 4.79 Å². The maximum absolute atomic E-state index is 12.1. The monoisotopic (exact) mass is 429 g/mol. The summed E-state index contributed by atoms with van der Waals surface area (Å²) >= 11 is 17.2. The van der Waals surface area contributed by atoms with Gasteiger partial charge in [0.1, 0.15) is 5.02 Å². The molecule has 3 nitrogen and oxygen atoms in total. The van der Waals surface area contributed by atoms with E-state index >= 15 is 0 Å². The molecule has 0 bridgehead atoms. The van der Waals surface area contributed by atoms with Gasteiger partial charge in [-0.15, -0.1) is 0 Å². The summed E-state index contributed by atoms with van der Waals surface area (Å²) in [5.74, 6) is -3.02. The van der Waals surface area contributed by atoms with Crippen LogP contribution in [-0.4, -0.2) is 12.1 Å². The molecule has 0 aromatic heterocycles. The third kappa shape index (κ3) is 3.04. The standard InChI is InChI=1S/C8H2Br2Cl2F3NO2/c9-1-3(11)4(12)6(2(10)5(1)16)18-7(17)8(13,14)15/h16H2. The Hall–Kier alpha value is -0.180. The zero-order valence-electron chi connectivity index (χ0n) is 8.04. The van der Waals surface area contributed by atoms with Gasteiger partial charge in [-0.3, -0.25) is 0 Å². The van der Waals surface area contributed by atoms with Crippen LogP contribution in [0, 0.1) is 0 Å². The fourth-order valence-electron chi connectivity index (χ4n) is 0.869. The van der Waals surface area contributed by atoms with Crippen molar-refractivity contribution >= 4 is 66.7 Å². The number of nitrogens with two attached hydrogens (primary N) is 1. The van der Waals surface area contributed by atoms with Crippen LogP contribution in [0.5, 0.6) is 5.75 Å². The molecule has 0 fully saturated rings. The molecule has 0 amide bonds. The number of anilines is 1. The van der Waals surface area contributed by atoms with E-state index in [0.29, 0.717) is 0 Å². The number of halogens is 7. The summed E-state index contributed by atoms with van der Waals surface area (Å²) in [7, 11) is 0. The van der Waals surface area contributed by atoms with Crippen molar-refractivity contribution < 1.29 is 22.7 Å². The van der Waals surface area contributed by atoms with Gasteiger partial charge in [0.05, 0.1) is 19.7 Å². The van der Waals surface area contributed by atoms with Crippen molar-refractivity contribution in [3.8, 4) is 5.75 Å². The Morgan fingerprint density at radius 1 is 1.17 bits per heavy atom. The number of carbonyl (C=O) groups excluding carboxylic acids is 1. The van der Waals surface area contributed by atoms with Gasteiger partial charge < -0.3 is 10.5 Å². The quantitative estimate of drug-likeness (QED) is 0.233. The first-order valence-electron chi connectivity index (χ1n) is 3.97. The van der Waals surface area contributed by atoms with Gasteiger partial charge in [-0.2, -0.15) is 13.2 Å². The number of benzene rings is 1. The normalized spacial score (nSPS) is 11.5. The Balaban J connectivity index is 3.31. The van der Waals surface area contributed by atoms with Crippen LogP contribution in [0.4, 0.5) is 18.9 Å². The fourth-order valence-corrected chi connectivity index (χ4v) is 2.65. The molecule has 0 saturated heterocycles. The number of alkyl halides is 3. The molecule has 100 valence electrons. The van der Waals surface area contributed by atoms with Gasteiger partial charge in [0.2, 0.25) is 0 Å². The van der Waals surface area contributed by atoms with E-state index in [1.54, 1.807) is 0 Å². The van der Waals surface area contributed by atoms with E-state index in [0.717, 1.165) is 0 Å². The highest BCUT2D eigenvalue weighted by atomic mass is 79.9. The molecule has 0 aliphatic carbocycles. The molecule has 0 unspecified atom stereocenters. The lowest BCUT2D eigenvalue weighted by atomic mass is 10.3. The van der Waals surface area contributed by atoms with E-state index in [1.165, 1.54) is 0 Å². The van der Waals surface area contributed by atoms with Crippen LogP contribution in [0.1, 0.15) is 0 Å². The molecule has 0 spiro atoms. The van der Waals surface area contributed by atoms with Crippen molar-refractivity contribution in [3.63, 3.8) is 0 Å². The Morgan fingerprint density at radius 2 is 1.67 bits per heavy atom. The second-order valence-electron chi connectivity index (χ2n) is 2.89. The summed E-state index contributed by atoms with van der Waals surface area (Å²) in [5.41, 5.74) is 5.48. The molecule has 1 aromatic rings. The maximum atomic E-state index is 12.1. The second kappa shape index (κ2) is 5.44. The average molecular weight is 432 g/mol. The minimum Gasteiger partial charge on any atom is -0.417 e. The van der Waals surface area contributed by atoms with Crippen LogP contribution in [0.15, 0.2) is 8.95 Å². The van der Waals surface area contributed by atoms with Gasteiger partial charge in [0.15, 0.2) is 5.75 Å². The smallest absolute Gasteiger partial charge is 0.417 e. The maximum Gasteiger partial charge on any atom is 0.491 e. The predicted molar refractivity (Wildman–Crippen MR) is 68.0 cm³/mol. The molecule has 1 rings (SSSR count). The summed E-state index contributed by atoms with van der Waals surface area (Å²) in [4.78, 5) is 10.7. The Kier molecular flexibility index (Phi) is 4.80. The average Bonchev–Trinajstić information content (AvgIpc) is 2.28. The number of nitrogen functional groups attached to an aromatic ring is 1. The van der Waals surface area contributed by atoms with Gasteiger partial charge in [0, 0.05) is 0 Å². The number of carbonyl (C=O) groups is 1. The highest BCUT2D eigenvalue weighted by molar-refractivity contribution is 9.11. The first-order chi connectivity index (χ1) is 8.07. The summed E-state index contributed by atoms with van der Waals surface area (Å²) < 4.78 is 40.4. The Morgan fingerprint density at radius 3 is 2.11 bits per heavy atom. The first kappa shape index (κ1) is 15.9. The van der Waals surface area contributed by atoms with E-state index in [-0.39, 0.29) is 24.7 Å². The third-order valence-corrected chi connectivity index (χ3v) is 4.36. The molecule has 18 heavy (non-hydrogen) atoms. The number of hydrogen-bond donors (Lipinski definition) is 1. The van der Waals surface area contributed by atoms with Crippen LogP contribution in [0.25, 0.3) is 0 Å². The molecule has 0 aliphatic heterocycles. The predicted octanol–water partition coefficient (Wildman–Crippen LogP) is 4.57. The molecule has 2 N–H and O–H groups in total. The third-order valence-electron chi connectivity index (χ3n) is 1.68. The summed E-state index contributed by atoms with van der Waals surface area (Å²) in [6.45, 7) is 0. The zero-order valence-corrected chi connectivity index (χ0v) is 12.7. The van der Waals surface area contributed by atoms with E-state index in [4.69, 9.17) is 28.9 Å². The molecular formula is C8H2Br2Cl2F3NO2. The number of esters is 1. The largest absolute Gasteiger partial charge is 0.491 e. The highest BCUT2D eigenvalue weighted by Gasteiger charge is 2.42. The van der Waals surface area contributed by atoms with Gasteiger partial charge >= 0.3 is 12.1 Å². The molecular weight excluding hydrogens is 430 g/mol. The van der Waals surface area contributed by atoms with Crippen LogP contribution >= 0.6 is 55.1 Å². The van der Waals surface area contributed by atoms with E-state index in [1.807, 2.05) is 0 Å². The molecule has 0 heterocycles. The summed E-state index contributed by atoms with van der Waals surface area (Å²) in [5, 5.41) is -0.537. The Bertz CT molecular complexity index is 493. The second-order valence-corrected chi connectivity index (χ2v) is 5.23. The number of ether oxygens (including phenoxy) is 1.